The summed E-state index contributed by atoms with van der Waals surface area (Å²) in [6, 6.07) is 0. The van der Waals surface area contributed by atoms with Crippen LogP contribution in [0.15, 0.2) is 0 Å². The van der Waals surface area contributed by atoms with Gasteiger partial charge in [0, 0.05) is 0 Å². The summed E-state index contributed by atoms with van der Waals surface area (Å²) in [7, 11) is -7.80. The van der Waals surface area contributed by atoms with Crippen molar-refractivity contribution in [2.75, 3.05) is 11.5 Å². The third-order valence-electron chi connectivity index (χ3n) is 2.89. The van der Waals surface area contributed by atoms with Gasteiger partial charge >= 0.3 is 0 Å². The molecule has 0 spiro atoms. The molecule has 0 aliphatic heterocycles. The molecular formula is C10H22O6S2. The van der Waals surface area contributed by atoms with Crippen molar-refractivity contribution >= 4 is 20.2 Å². The Morgan fingerprint density at radius 2 is 1.00 bits per heavy atom. The van der Waals surface area contributed by atoms with E-state index in [9.17, 15) is 16.8 Å². The van der Waals surface area contributed by atoms with E-state index in [1.54, 1.807) is 0 Å². The average molecular weight is 302 g/mol. The molecular weight excluding hydrogens is 280 g/mol. The zero-order valence-electron chi connectivity index (χ0n) is 10.7. The van der Waals surface area contributed by atoms with Crippen molar-refractivity contribution in [3.8, 4) is 0 Å². The molecule has 0 aromatic heterocycles. The zero-order chi connectivity index (χ0) is 14.4. The molecule has 0 radical (unpaired) electrons. The summed E-state index contributed by atoms with van der Waals surface area (Å²) in [6.07, 6.45) is 2.32. The van der Waals surface area contributed by atoms with E-state index in [-0.39, 0.29) is 23.3 Å². The first-order valence-corrected chi connectivity index (χ1v) is 9.12. The summed E-state index contributed by atoms with van der Waals surface area (Å²) in [5.41, 5.74) is 0. The van der Waals surface area contributed by atoms with Crippen LogP contribution in [0.2, 0.25) is 0 Å². The Morgan fingerprint density at radius 3 is 1.22 bits per heavy atom. The highest BCUT2D eigenvalue weighted by atomic mass is 32.2. The first-order valence-electron chi connectivity index (χ1n) is 5.90. The molecule has 0 fully saturated rings. The van der Waals surface area contributed by atoms with Gasteiger partial charge in [0.25, 0.3) is 20.2 Å². The van der Waals surface area contributed by atoms with Crippen LogP contribution in [0.4, 0.5) is 0 Å². The van der Waals surface area contributed by atoms with Crippen molar-refractivity contribution in [3.63, 3.8) is 0 Å². The molecule has 0 aromatic carbocycles. The van der Waals surface area contributed by atoms with Crippen LogP contribution in [0.1, 0.15) is 39.5 Å². The highest BCUT2D eigenvalue weighted by molar-refractivity contribution is 7.86. The fourth-order valence-corrected chi connectivity index (χ4v) is 2.96. The molecule has 0 aliphatic rings. The van der Waals surface area contributed by atoms with E-state index in [2.05, 4.69) is 0 Å². The normalized spacial score (nSPS) is 16.4. The van der Waals surface area contributed by atoms with Crippen LogP contribution in [0.5, 0.6) is 0 Å². The molecule has 6 nitrogen and oxygen atoms in total. The minimum absolute atomic E-state index is 0.153. The molecule has 8 heteroatoms. The first kappa shape index (κ1) is 17.8. The van der Waals surface area contributed by atoms with Crippen molar-refractivity contribution in [3.05, 3.63) is 0 Å². The quantitative estimate of drug-likeness (QED) is 0.626. The Kier molecular flexibility index (Phi) is 7.34. The molecule has 18 heavy (non-hydrogen) atoms. The molecule has 0 bridgehead atoms. The van der Waals surface area contributed by atoms with Crippen LogP contribution in [-0.2, 0) is 20.2 Å². The van der Waals surface area contributed by atoms with Gasteiger partial charge in [-0.05, 0) is 24.7 Å². The minimum Gasteiger partial charge on any atom is -0.286 e. The maximum absolute atomic E-state index is 10.5. The molecule has 110 valence electrons. The Hall–Kier alpha value is -0.180. The van der Waals surface area contributed by atoms with Gasteiger partial charge in [-0.2, -0.15) is 16.8 Å². The molecule has 2 atom stereocenters. The molecule has 0 heterocycles. The summed E-state index contributed by atoms with van der Waals surface area (Å²) >= 11 is 0. The number of hydrogen-bond donors (Lipinski definition) is 2. The topological polar surface area (TPSA) is 109 Å². The maximum Gasteiger partial charge on any atom is 0.264 e. The molecule has 0 aromatic rings. The molecule has 2 unspecified atom stereocenters. The zero-order valence-corrected chi connectivity index (χ0v) is 12.4. The van der Waals surface area contributed by atoms with Crippen LogP contribution in [0.25, 0.3) is 0 Å². The monoisotopic (exact) mass is 302 g/mol. The summed E-state index contributed by atoms with van der Waals surface area (Å²) in [5, 5.41) is 0. The number of hydrogen-bond acceptors (Lipinski definition) is 4. The summed E-state index contributed by atoms with van der Waals surface area (Å²) in [5.74, 6) is -0.179. The van der Waals surface area contributed by atoms with E-state index >= 15 is 0 Å². The standard InChI is InChI=1S/C10H22O6S2/c1-9(5-7-17(11,12)13)3-4-10(2)6-8-18(14,15)16/h9-10H,3-8H2,1-2H3,(H,11,12,13)(H,14,15,16). The molecule has 2 N–H and O–H groups in total. The lowest BCUT2D eigenvalue weighted by Crippen LogP contribution is -2.11. The molecule has 0 aliphatic carbocycles. The fourth-order valence-electron chi connectivity index (χ4n) is 1.56. The van der Waals surface area contributed by atoms with E-state index in [0.29, 0.717) is 12.8 Å². The van der Waals surface area contributed by atoms with E-state index in [0.717, 1.165) is 12.8 Å². The van der Waals surface area contributed by atoms with E-state index in [1.165, 1.54) is 0 Å². The van der Waals surface area contributed by atoms with Crippen molar-refractivity contribution in [2.45, 2.75) is 39.5 Å². The fraction of sp³-hybridized carbons (Fsp3) is 1.00. The Balaban J connectivity index is 3.81. The van der Waals surface area contributed by atoms with Gasteiger partial charge < -0.3 is 0 Å². The predicted molar refractivity (Wildman–Crippen MR) is 69.6 cm³/mol. The van der Waals surface area contributed by atoms with Gasteiger partial charge in [-0.1, -0.05) is 26.7 Å². The molecule has 0 saturated heterocycles. The summed E-state index contributed by atoms with van der Waals surface area (Å²) < 4.78 is 59.4. The highest BCUT2D eigenvalue weighted by Crippen LogP contribution is 2.18. The molecule has 0 saturated carbocycles. The Bertz CT molecular complexity index is 383. The Labute approximate surface area is 109 Å². The molecule has 0 rings (SSSR count). The third kappa shape index (κ3) is 12.3. The van der Waals surface area contributed by atoms with E-state index in [1.807, 2.05) is 13.8 Å². The lowest BCUT2D eigenvalue weighted by molar-refractivity contribution is 0.404. The van der Waals surface area contributed by atoms with Crippen molar-refractivity contribution in [1.29, 1.82) is 0 Å². The van der Waals surface area contributed by atoms with Crippen LogP contribution in [-0.4, -0.2) is 37.4 Å². The summed E-state index contributed by atoms with van der Waals surface area (Å²) in [4.78, 5) is 0. The van der Waals surface area contributed by atoms with Gasteiger partial charge in [-0.15, -0.1) is 0 Å². The van der Waals surface area contributed by atoms with Gasteiger partial charge in [0.1, 0.15) is 0 Å². The van der Waals surface area contributed by atoms with Crippen molar-refractivity contribution in [2.24, 2.45) is 11.8 Å². The van der Waals surface area contributed by atoms with Gasteiger partial charge in [-0.3, -0.25) is 9.11 Å². The predicted octanol–water partition coefficient (Wildman–Crippen LogP) is 1.59. The van der Waals surface area contributed by atoms with Crippen LogP contribution >= 0.6 is 0 Å². The largest absolute Gasteiger partial charge is 0.286 e. The van der Waals surface area contributed by atoms with E-state index < -0.39 is 20.2 Å². The maximum atomic E-state index is 10.5. The lowest BCUT2D eigenvalue weighted by atomic mass is 9.95. The van der Waals surface area contributed by atoms with E-state index in [4.69, 9.17) is 9.11 Å². The van der Waals surface area contributed by atoms with Gasteiger partial charge in [0.05, 0.1) is 11.5 Å². The average Bonchev–Trinajstić information content (AvgIpc) is 2.18. The smallest absolute Gasteiger partial charge is 0.264 e. The summed E-state index contributed by atoms with van der Waals surface area (Å²) in [6.45, 7) is 3.78. The highest BCUT2D eigenvalue weighted by Gasteiger charge is 2.13. The minimum atomic E-state index is -3.90. The second kappa shape index (κ2) is 7.42. The van der Waals surface area contributed by atoms with Crippen molar-refractivity contribution < 1.29 is 25.9 Å². The SMILES string of the molecule is CC(CCC(C)CCS(=O)(=O)O)CCS(=O)(=O)O. The molecule has 0 amide bonds. The third-order valence-corrected chi connectivity index (χ3v) is 4.39. The second-order valence-electron chi connectivity index (χ2n) is 4.94. The van der Waals surface area contributed by atoms with Gasteiger partial charge in [0.15, 0.2) is 0 Å². The van der Waals surface area contributed by atoms with Crippen LogP contribution < -0.4 is 0 Å². The van der Waals surface area contributed by atoms with Crippen molar-refractivity contribution in [1.82, 2.24) is 0 Å². The number of rotatable bonds is 9. The lowest BCUT2D eigenvalue weighted by Gasteiger charge is -2.14. The second-order valence-corrected chi connectivity index (χ2v) is 8.08. The first-order chi connectivity index (χ1) is 7.99. The Morgan fingerprint density at radius 1 is 0.722 bits per heavy atom. The van der Waals surface area contributed by atoms with Gasteiger partial charge in [-0.25, -0.2) is 0 Å². The van der Waals surface area contributed by atoms with Gasteiger partial charge in [0.2, 0.25) is 0 Å². The van der Waals surface area contributed by atoms with Crippen LogP contribution in [0.3, 0.4) is 0 Å². The van der Waals surface area contributed by atoms with Crippen LogP contribution in [0, 0.1) is 11.8 Å².